The van der Waals surface area contributed by atoms with Crippen LogP contribution in [0.2, 0.25) is 0 Å². The zero-order valence-corrected chi connectivity index (χ0v) is 12.6. The van der Waals surface area contributed by atoms with Gasteiger partial charge in [0.25, 0.3) is 0 Å². The molecule has 5 heteroatoms. The van der Waals surface area contributed by atoms with Crippen LogP contribution in [0.4, 0.5) is 5.82 Å². The quantitative estimate of drug-likeness (QED) is 0.769. The lowest BCUT2D eigenvalue weighted by Gasteiger charge is -2.46. The molecule has 112 valence electrons. The van der Waals surface area contributed by atoms with Crippen molar-refractivity contribution in [3.8, 4) is 0 Å². The summed E-state index contributed by atoms with van der Waals surface area (Å²) in [5, 5.41) is 10.7. The van der Waals surface area contributed by atoms with Gasteiger partial charge in [-0.2, -0.15) is 5.10 Å². The Hall–Kier alpha value is -1.62. The number of hydrogen-bond acceptors (Lipinski definition) is 4. The Kier molecular flexibility index (Phi) is 2.61. The van der Waals surface area contributed by atoms with E-state index in [1.807, 2.05) is 6.20 Å². The van der Waals surface area contributed by atoms with Crippen LogP contribution in [0.5, 0.6) is 0 Å². The highest BCUT2D eigenvalue weighted by molar-refractivity contribution is 6.01. The molecule has 1 spiro atoms. The van der Waals surface area contributed by atoms with E-state index in [9.17, 15) is 4.79 Å². The molecule has 1 aromatic heterocycles. The van der Waals surface area contributed by atoms with Crippen LogP contribution in [0.1, 0.15) is 45.1 Å². The third-order valence-corrected chi connectivity index (χ3v) is 5.13. The normalized spacial score (nSPS) is 26.3. The summed E-state index contributed by atoms with van der Waals surface area (Å²) in [5.41, 5.74) is 3.05. The van der Waals surface area contributed by atoms with Gasteiger partial charge in [0.05, 0.1) is 6.20 Å². The van der Waals surface area contributed by atoms with Crippen LogP contribution in [0, 0.1) is 5.41 Å². The third kappa shape index (κ3) is 1.80. The summed E-state index contributed by atoms with van der Waals surface area (Å²) in [6, 6.07) is 0. The van der Waals surface area contributed by atoms with Crippen molar-refractivity contribution >= 4 is 11.6 Å². The van der Waals surface area contributed by atoms with Gasteiger partial charge >= 0.3 is 0 Å². The molecule has 1 aromatic rings. The minimum Gasteiger partial charge on any atom is -0.381 e. The molecule has 5 nitrogen and oxygen atoms in total. The Labute approximate surface area is 124 Å². The first-order valence-corrected chi connectivity index (χ1v) is 7.67. The Morgan fingerprint density at radius 1 is 1.24 bits per heavy atom. The lowest BCUT2D eigenvalue weighted by atomic mass is 9.61. The van der Waals surface area contributed by atoms with Gasteiger partial charge in [-0.05, 0) is 24.7 Å². The number of aromatic nitrogens is 2. The fraction of sp³-hybridized carbons (Fsp3) is 0.625. The van der Waals surface area contributed by atoms with E-state index in [-0.39, 0.29) is 10.8 Å². The molecule has 0 radical (unpaired) electrons. The molecule has 0 bridgehead atoms. The Balaban J connectivity index is 1.90. The molecule has 2 aliphatic heterocycles. The molecule has 3 aliphatic rings. The van der Waals surface area contributed by atoms with Gasteiger partial charge in [-0.25, -0.2) is 0 Å². The first-order chi connectivity index (χ1) is 10.0. The van der Waals surface area contributed by atoms with E-state index in [4.69, 9.17) is 4.74 Å². The number of anilines is 1. The number of rotatable bonds is 0. The number of nitrogens with zero attached hydrogens (tertiary/aromatic N) is 1. The molecule has 0 saturated carbocycles. The van der Waals surface area contributed by atoms with Crippen LogP contribution in [0.15, 0.2) is 17.5 Å². The molecular formula is C16H21N3O2. The number of carbonyl (C=O) groups is 1. The fourth-order valence-corrected chi connectivity index (χ4v) is 4.25. The molecule has 0 atom stereocenters. The zero-order chi connectivity index (χ0) is 14.7. The number of allylic oxidation sites excluding steroid dienone is 2. The minimum atomic E-state index is -0.200. The van der Waals surface area contributed by atoms with E-state index in [1.54, 1.807) is 0 Å². The van der Waals surface area contributed by atoms with Crippen molar-refractivity contribution in [3.05, 3.63) is 23.0 Å². The first-order valence-electron chi connectivity index (χ1n) is 7.67. The summed E-state index contributed by atoms with van der Waals surface area (Å²) in [4.78, 5) is 12.9. The second-order valence-corrected chi connectivity index (χ2v) is 7.27. The van der Waals surface area contributed by atoms with E-state index in [0.29, 0.717) is 25.4 Å². The van der Waals surface area contributed by atoms with Crippen molar-refractivity contribution in [2.75, 3.05) is 18.5 Å². The zero-order valence-electron chi connectivity index (χ0n) is 12.6. The average molecular weight is 287 g/mol. The van der Waals surface area contributed by atoms with Gasteiger partial charge in [-0.15, -0.1) is 0 Å². The largest absolute Gasteiger partial charge is 0.381 e. The molecular weight excluding hydrogens is 266 g/mol. The highest BCUT2D eigenvalue weighted by atomic mass is 16.5. The van der Waals surface area contributed by atoms with Crippen LogP contribution in [0.25, 0.3) is 0 Å². The summed E-state index contributed by atoms with van der Waals surface area (Å²) < 4.78 is 5.56. The van der Waals surface area contributed by atoms with E-state index < -0.39 is 0 Å². The number of nitrogens with one attached hydrogen (secondary N) is 2. The van der Waals surface area contributed by atoms with E-state index in [1.165, 1.54) is 0 Å². The molecule has 4 rings (SSSR count). The van der Waals surface area contributed by atoms with Crippen LogP contribution in [-0.4, -0.2) is 29.2 Å². The Bertz CT molecular complexity index is 636. The maximum Gasteiger partial charge on any atom is 0.162 e. The van der Waals surface area contributed by atoms with Crippen molar-refractivity contribution in [2.24, 2.45) is 5.41 Å². The molecule has 1 fully saturated rings. The third-order valence-electron chi connectivity index (χ3n) is 5.13. The number of H-pyrrole nitrogens is 1. The van der Waals surface area contributed by atoms with Gasteiger partial charge < -0.3 is 10.1 Å². The smallest absolute Gasteiger partial charge is 0.162 e. The van der Waals surface area contributed by atoms with Gasteiger partial charge in [0.2, 0.25) is 0 Å². The van der Waals surface area contributed by atoms with Gasteiger partial charge in [0, 0.05) is 41.9 Å². The standard InChI is InChI=1S/C16H21N3O2/c1-15(2)7-11-13(12(20)8-15)16(3-5-21-6-4-16)10-9-17-19-14(10)18-11/h9H,3-8H2,1-2H3,(H2,17,18,19). The van der Waals surface area contributed by atoms with Gasteiger partial charge in [0.15, 0.2) is 5.78 Å². The minimum absolute atomic E-state index is 0.0206. The second kappa shape index (κ2) is 4.19. The molecule has 0 amide bonds. The van der Waals surface area contributed by atoms with Crippen molar-refractivity contribution in [2.45, 2.75) is 44.9 Å². The highest BCUT2D eigenvalue weighted by Crippen LogP contribution is 2.53. The van der Waals surface area contributed by atoms with Crippen molar-refractivity contribution in [1.82, 2.24) is 10.2 Å². The Morgan fingerprint density at radius 3 is 2.76 bits per heavy atom. The molecule has 0 aromatic carbocycles. The number of carbonyl (C=O) groups excluding carboxylic acids is 1. The molecule has 2 N–H and O–H groups in total. The summed E-state index contributed by atoms with van der Waals surface area (Å²) >= 11 is 0. The Morgan fingerprint density at radius 2 is 2.00 bits per heavy atom. The van der Waals surface area contributed by atoms with Crippen molar-refractivity contribution < 1.29 is 9.53 Å². The topological polar surface area (TPSA) is 67.0 Å². The second-order valence-electron chi connectivity index (χ2n) is 7.27. The molecule has 21 heavy (non-hydrogen) atoms. The van der Waals surface area contributed by atoms with Crippen molar-refractivity contribution in [1.29, 1.82) is 0 Å². The van der Waals surface area contributed by atoms with Gasteiger partial charge in [-0.1, -0.05) is 13.8 Å². The first kappa shape index (κ1) is 13.1. The summed E-state index contributed by atoms with van der Waals surface area (Å²) in [5.74, 6) is 1.25. The molecule has 1 saturated heterocycles. The molecule has 0 unspecified atom stereocenters. The number of Topliss-reactive ketones (excluding diaryl/α,β-unsaturated/α-hetero) is 1. The SMILES string of the molecule is CC1(C)CC(=O)C2=C(C1)Nc1[nH]ncc1C21CCOCC1. The van der Waals surface area contributed by atoms with Gasteiger partial charge in [0.1, 0.15) is 5.82 Å². The van der Waals surface area contributed by atoms with Crippen LogP contribution in [-0.2, 0) is 14.9 Å². The fourth-order valence-electron chi connectivity index (χ4n) is 4.25. The van der Waals surface area contributed by atoms with Crippen LogP contribution < -0.4 is 5.32 Å². The van der Waals surface area contributed by atoms with E-state index >= 15 is 0 Å². The maximum absolute atomic E-state index is 12.9. The highest BCUT2D eigenvalue weighted by Gasteiger charge is 2.50. The number of aromatic amines is 1. The van der Waals surface area contributed by atoms with Crippen LogP contribution in [0.3, 0.4) is 0 Å². The molecule has 1 aliphatic carbocycles. The summed E-state index contributed by atoms with van der Waals surface area (Å²) in [7, 11) is 0. The van der Waals surface area contributed by atoms with Crippen LogP contribution >= 0.6 is 0 Å². The maximum atomic E-state index is 12.9. The lowest BCUT2D eigenvalue weighted by molar-refractivity contribution is -0.119. The monoisotopic (exact) mass is 287 g/mol. The number of hydrogen-bond donors (Lipinski definition) is 2. The number of ketones is 1. The van der Waals surface area contributed by atoms with E-state index in [2.05, 4.69) is 29.4 Å². The number of ether oxygens (including phenoxy) is 1. The van der Waals surface area contributed by atoms with Gasteiger partial charge in [-0.3, -0.25) is 9.89 Å². The predicted molar refractivity (Wildman–Crippen MR) is 79.0 cm³/mol. The summed E-state index contributed by atoms with van der Waals surface area (Å²) in [6.45, 7) is 5.74. The lowest BCUT2D eigenvalue weighted by Crippen LogP contribution is -2.45. The summed E-state index contributed by atoms with van der Waals surface area (Å²) in [6.07, 6.45) is 5.15. The average Bonchev–Trinajstić information content (AvgIpc) is 2.86. The predicted octanol–water partition coefficient (Wildman–Crippen LogP) is 2.53. The number of fused-ring (bicyclic) bond motifs is 3. The van der Waals surface area contributed by atoms with Crippen molar-refractivity contribution in [3.63, 3.8) is 0 Å². The van der Waals surface area contributed by atoms with E-state index in [0.717, 1.165) is 41.9 Å². The molecule has 3 heterocycles.